The van der Waals surface area contributed by atoms with Gasteiger partial charge in [-0.25, -0.2) is 8.42 Å². The lowest BCUT2D eigenvalue weighted by Gasteiger charge is -2.22. The Balaban J connectivity index is 1.79. The van der Waals surface area contributed by atoms with Crippen LogP contribution in [0.3, 0.4) is 0 Å². The van der Waals surface area contributed by atoms with Crippen LogP contribution in [-0.4, -0.2) is 31.7 Å². The van der Waals surface area contributed by atoms with Crippen molar-refractivity contribution in [2.24, 2.45) is 5.92 Å². The molecular formula is C21H20F3N3O4S. The Morgan fingerprint density at radius 2 is 1.69 bits per heavy atom. The van der Waals surface area contributed by atoms with E-state index in [1.54, 1.807) is 38.1 Å². The van der Waals surface area contributed by atoms with Gasteiger partial charge in [0.25, 0.3) is 0 Å². The van der Waals surface area contributed by atoms with Crippen LogP contribution in [0.1, 0.15) is 13.8 Å². The molecule has 0 bridgehead atoms. The number of fused-ring (bicyclic) bond motifs is 1. The molecule has 1 heterocycles. The lowest BCUT2D eigenvalue weighted by atomic mass is 10.0. The van der Waals surface area contributed by atoms with E-state index in [0.717, 1.165) is 12.1 Å². The van der Waals surface area contributed by atoms with E-state index in [-0.39, 0.29) is 16.1 Å². The number of alkyl halides is 3. The highest BCUT2D eigenvalue weighted by molar-refractivity contribution is 7.89. The van der Waals surface area contributed by atoms with E-state index in [2.05, 4.69) is 19.8 Å². The van der Waals surface area contributed by atoms with Gasteiger partial charge in [-0.3, -0.25) is 9.78 Å². The number of benzene rings is 2. The Morgan fingerprint density at radius 1 is 1.03 bits per heavy atom. The monoisotopic (exact) mass is 467 g/mol. The lowest BCUT2D eigenvalue weighted by Crippen LogP contribution is -2.47. The zero-order valence-electron chi connectivity index (χ0n) is 17.1. The summed E-state index contributed by atoms with van der Waals surface area (Å²) in [7, 11) is -4.11. The highest BCUT2D eigenvalue weighted by Crippen LogP contribution is 2.25. The second kappa shape index (κ2) is 9.13. The van der Waals surface area contributed by atoms with Gasteiger partial charge in [-0.05, 0) is 42.3 Å². The maximum atomic E-state index is 13.0. The molecule has 0 saturated heterocycles. The van der Waals surface area contributed by atoms with Gasteiger partial charge >= 0.3 is 6.36 Å². The van der Waals surface area contributed by atoms with Crippen LogP contribution in [-0.2, 0) is 14.8 Å². The standard InChI is InChI=1S/C21H20F3N3O4S/c1-13(2)18(20(28)26-15-8-10-16(11-9-15)31-21(22,23)24)27-32(29,30)17-7-3-5-14-6-4-12-25-19(14)17/h3-13,18,27H,1-2H3,(H,26,28)/t18-/m0/s1. The molecule has 11 heteroatoms. The van der Waals surface area contributed by atoms with Crippen LogP contribution in [0.25, 0.3) is 10.9 Å². The molecule has 170 valence electrons. The number of sulfonamides is 1. The van der Waals surface area contributed by atoms with Gasteiger partial charge in [-0.1, -0.05) is 32.0 Å². The lowest BCUT2D eigenvalue weighted by molar-refractivity contribution is -0.274. The number of para-hydroxylation sites is 1. The zero-order chi connectivity index (χ0) is 23.5. The molecule has 1 aromatic heterocycles. The third-order valence-corrected chi connectivity index (χ3v) is 5.94. The van der Waals surface area contributed by atoms with Crippen LogP contribution in [0.5, 0.6) is 5.75 Å². The van der Waals surface area contributed by atoms with Crippen molar-refractivity contribution < 1.29 is 31.1 Å². The van der Waals surface area contributed by atoms with Crippen LogP contribution in [0.2, 0.25) is 0 Å². The predicted molar refractivity (Wildman–Crippen MR) is 112 cm³/mol. The van der Waals surface area contributed by atoms with Crippen LogP contribution in [0.4, 0.5) is 18.9 Å². The minimum Gasteiger partial charge on any atom is -0.406 e. The highest BCUT2D eigenvalue weighted by Gasteiger charge is 2.31. The molecule has 3 rings (SSSR count). The van der Waals surface area contributed by atoms with Crippen LogP contribution < -0.4 is 14.8 Å². The molecule has 1 amide bonds. The fourth-order valence-corrected chi connectivity index (χ4v) is 4.50. The largest absolute Gasteiger partial charge is 0.573 e. The molecule has 0 aliphatic carbocycles. The first-order valence-electron chi connectivity index (χ1n) is 9.49. The van der Waals surface area contributed by atoms with Crippen molar-refractivity contribution in [3.05, 3.63) is 60.8 Å². The molecule has 1 atom stereocenters. The summed E-state index contributed by atoms with van der Waals surface area (Å²) < 4.78 is 69.1. The molecule has 2 aromatic carbocycles. The summed E-state index contributed by atoms with van der Waals surface area (Å²) in [5, 5.41) is 3.13. The number of halogens is 3. The molecule has 0 spiro atoms. The third kappa shape index (κ3) is 5.74. The number of nitrogens with one attached hydrogen (secondary N) is 2. The van der Waals surface area contributed by atoms with Crippen molar-refractivity contribution in [1.29, 1.82) is 0 Å². The molecule has 0 aliphatic rings. The molecule has 3 aromatic rings. The van der Waals surface area contributed by atoms with E-state index in [9.17, 15) is 26.4 Å². The SMILES string of the molecule is CC(C)[C@H](NS(=O)(=O)c1cccc2cccnc12)C(=O)Nc1ccc(OC(F)(F)F)cc1. The molecule has 2 N–H and O–H groups in total. The van der Waals surface area contributed by atoms with Crippen molar-refractivity contribution in [1.82, 2.24) is 9.71 Å². The first-order chi connectivity index (χ1) is 15.0. The number of carbonyl (C=O) groups is 1. The van der Waals surface area contributed by atoms with Gasteiger partial charge in [0.1, 0.15) is 16.7 Å². The number of rotatable bonds is 7. The first kappa shape index (κ1) is 23.5. The van der Waals surface area contributed by atoms with E-state index in [0.29, 0.717) is 5.39 Å². The molecule has 0 saturated carbocycles. The summed E-state index contributed by atoms with van der Waals surface area (Å²) in [6.07, 6.45) is -3.36. The van der Waals surface area contributed by atoms with Crippen molar-refractivity contribution in [3.63, 3.8) is 0 Å². The maximum Gasteiger partial charge on any atom is 0.573 e. The van der Waals surface area contributed by atoms with E-state index < -0.39 is 40.0 Å². The Kier molecular flexibility index (Phi) is 6.70. The summed E-state index contributed by atoms with van der Waals surface area (Å²) >= 11 is 0. The van der Waals surface area contributed by atoms with E-state index >= 15 is 0 Å². The normalized spacial score (nSPS) is 13.2. The van der Waals surface area contributed by atoms with Crippen molar-refractivity contribution >= 4 is 32.5 Å². The third-order valence-electron chi connectivity index (χ3n) is 4.47. The fraction of sp³-hybridized carbons (Fsp3) is 0.238. The Hall–Kier alpha value is -3.18. The molecule has 0 aliphatic heterocycles. The summed E-state index contributed by atoms with van der Waals surface area (Å²) in [4.78, 5) is 16.8. The molecule has 7 nitrogen and oxygen atoms in total. The Morgan fingerprint density at radius 3 is 2.31 bits per heavy atom. The summed E-state index contributed by atoms with van der Waals surface area (Å²) in [6.45, 7) is 3.32. The van der Waals surface area contributed by atoms with Crippen LogP contribution in [0, 0.1) is 5.92 Å². The number of anilines is 1. The van der Waals surface area contributed by atoms with Crippen LogP contribution >= 0.6 is 0 Å². The molecular weight excluding hydrogens is 447 g/mol. The highest BCUT2D eigenvalue weighted by atomic mass is 32.2. The van der Waals surface area contributed by atoms with Crippen LogP contribution in [0.15, 0.2) is 65.7 Å². The van der Waals surface area contributed by atoms with Crippen molar-refractivity contribution in [2.45, 2.75) is 31.1 Å². The van der Waals surface area contributed by atoms with Crippen molar-refractivity contribution in [2.75, 3.05) is 5.32 Å². The summed E-state index contributed by atoms with van der Waals surface area (Å²) in [5.74, 6) is -1.54. The molecule has 32 heavy (non-hydrogen) atoms. The summed E-state index contributed by atoms with van der Waals surface area (Å²) in [6, 6.07) is 11.5. The van der Waals surface area contributed by atoms with Gasteiger partial charge < -0.3 is 10.1 Å². The maximum absolute atomic E-state index is 13.0. The Labute approximate surface area is 182 Å². The van der Waals surface area contributed by atoms with E-state index in [1.165, 1.54) is 24.4 Å². The Bertz CT molecular complexity index is 1210. The molecule has 0 fully saturated rings. The minimum atomic E-state index is -4.83. The fourth-order valence-electron chi connectivity index (χ4n) is 2.98. The minimum absolute atomic E-state index is 0.0669. The van der Waals surface area contributed by atoms with Gasteiger partial charge in [-0.2, -0.15) is 4.72 Å². The average Bonchev–Trinajstić information content (AvgIpc) is 2.71. The van der Waals surface area contributed by atoms with Gasteiger partial charge in [0.05, 0.1) is 5.52 Å². The number of hydrogen-bond acceptors (Lipinski definition) is 5. The second-order valence-electron chi connectivity index (χ2n) is 7.24. The number of pyridine rings is 1. The number of hydrogen-bond donors (Lipinski definition) is 2. The second-order valence-corrected chi connectivity index (χ2v) is 8.92. The van der Waals surface area contributed by atoms with E-state index in [1.807, 2.05) is 0 Å². The predicted octanol–water partition coefficient (Wildman–Crippen LogP) is 4.08. The number of ether oxygens (including phenoxy) is 1. The van der Waals surface area contributed by atoms with Gasteiger partial charge in [-0.15, -0.1) is 13.2 Å². The quantitative estimate of drug-likeness (QED) is 0.546. The smallest absolute Gasteiger partial charge is 0.406 e. The summed E-state index contributed by atoms with van der Waals surface area (Å²) in [5.41, 5.74) is 0.451. The average molecular weight is 467 g/mol. The first-order valence-corrected chi connectivity index (χ1v) is 11.0. The number of aromatic nitrogens is 1. The molecule has 0 radical (unpaired) electrons. The number of nitrogens with zero attached hydrogens (tertiary/aromatic N) is 1. The van der Waals surface area contributed by atoms with Gasteiger partial charge in [0.15, 0.2) is 0 Å². The topological polar surface area (TPSA) is 97.4 Å². The van der Waals surface area contributed by atoms with E-state index in [4.69, 9.17) is 0 Å². The number of carbonyl (C=O) groups excluding carboxylic acids is 1. The van der Waals surface area contributed by atoms with Gasteiger partial charge in [0, 0.05) is 17.3 Å². The van der Waals surface area contributed by atoms with Crippen molar-refractivity contribution in [3.8, 4) is 5.75 Å². The number of amides is 1. The van der Waals surface area contributed by atoms with Gasteiger partial charge in [0.2, 0.25) is 15.9 Å². The molecule has 0 unspecified atom stereocenters. The zero-order valence-corrected chi connectivity index (χ0v) is 17.9.